The number of hydrogen-bond acceptors (Lipinski definition) is 3. The predicted octanol–water partition coefficient (Wildman–Crippen LogP) is 3.86. The van der Waals surface area contributed by atoms with Crippen LogP contribution < -0.4 is 0 Å². The van der Waals surface area contributed by atoms with E-state index in [-0.39, 0.29) is 30.1 Å². The largest absolute Gasteiger partial charge is 0.294 e. The van der Waals surface area contributed by atoms with Gasteiger partial charge in [-0.15, -0.1) is 0 Å². The van der Waals surface area contributed by atoms with Gasteiger partial charge in [0.25, 0.3) is 0 Å². The molecule has 128 valence electrons. The third kappa shape index (κ3) is 4.60. The number of unbranched alkanes of at least 4 members (excludes halogenated alkanes) is 4. The number of Topliss-reactive ketones (excluding diaryl/α,β-unsaturated/α-hetero) is 1. The molecule has 0 bridgehead atoms. The number of imide groups is 1. The summed E-state index contributed by atoms with van der Waals surface area (Å²) in [5, 5.41) is 0. The molecule has 2 amide bonds. The summed E-state index contributed by atoms with van der Waals surface area (Å²) in [6.45, 7) is 2.12. The standard InChI is InChI=1S/C19H22FNO3/c1-2-3-4-5-6-7-18(23)21-13-16(17(22)12-19(21)24)14-8-10-15(20)11-9-14/h8-11,13H,2-7,12H2,1H3. The lowest BCUT2D eigenvalue weighted by molar-refractivity contribution is -0.142. The minimum absolute atomic E-state index is 0.272. The normalized spacial score (nSPS) is 14.8. The van der Waals surface area contributed by atoms with Crippen molar-refractivity contribution in [1.82, 2.24) is 4.90 Å². The van der Waals surface area contributed by atoms with E-state index in [0.717, 1.165) is 37.0 Å². The van der Waals surface area contributed by atoms with Crippen molar-refractivity contribution < 1.29 is 18.8 Å². The molecule has 5 heteroatoms. The van der Waals surface area contributed by atoms with Gasteiger partial charge in [0.2, 0.25) is 11.8 Å². The molecular formula is C19H22FNO3. The molecule has 0 atom stereocenters. The number of halogens is 1. The van der Waals surface area contributed by atoms with E-state index in [0.29, 0.717) is 5.56 Å². The highest BCUT2D eigenvalue weighted by Gasteiger charge is 2.29. The number of rotatable bonds is 7. The monoisotopic (exact) mass is 331 g/mol. The average Bonchev–Trinajstić information content (AvgIpc) is 2.55. The molecule has 0 radical (unpaired) electrons. The van der Waals surface area contributed by atoms with Crippen molar-refractivity contribution in [1.29, 1.82) is 0 Å². The van der Waals surface area contributed by atoms with Gasteiger partial charge in [0.05, 0.1) is 6.42 Å². The van der Waals surface area contributed by atoms with Gasteiger partial charge < -0.3 is 0 Å². The van der Waals surface area contributed by atoms with Crippen molar-refractivity contribution in [3.05, 3.63) is 41.8 Å². The third-order valence-corrected chi connectivity index (χ3v) is 4.06. The summed E-state index contributed by atoms with van der Waals surface area (Å²) in [6.07, 6.45) is 6.29. The van der Waals surface area contributed by atoms with Crippen molar-refractivity contribution in [2.75, 3.05) is 0 Å². The Hall–Kier alpha value is -2.30. The van der Waals surface area contributed by atoms with Crippen molar-refractivity contribution in [3.63, 3.8) is 0 Å². The van der Waals surface area contributed by atoms with Crippen LogP contribution in [0.3, 0.4) is 0 Å². The van der Waals surface area contributed by atoms with E-state index in [1.54, 1.807) is 0 Å². The Morgan fingerprint density at radius 3 is 2.42 bits per heavy atom. The molecule has 2 rings (SSSR count). The van der Waals surface area contributed by atoms with Gasteiger partial charge in [0.1, 0.15) is 5.82 Å². The van der Waals surface area contributed by atoms with Crippen LogP contribution in [0.15, 0.2) is 30.5 Å². The van der Waals surface area contributed by atoms with Crippen LogP contribution in [-0.2, 0) is 14.4 Å². The lowest BCUT2D eigenvalue weighted by Gasteiger charge is -2.23. The lowest BCUT2D eigenvalue weighted by Crippen LogP contribution is -2.37. The minimum Gasteiger partial charge on any atom is -0.294 e. The molecule has 0 N–H and O–H groups in total. The Balaban J connectivity index is 2.07. The molecule has 0 saturated carbocycles. The van der Waals surface area contributed by atoms with E-state index in [2.05, 4.69) is 6.92 Å². The van der Waals surface area contributed by atoms with Gasteiger partial charge in [-0.1, -0.05) is 44.7 Å². The van der Waals surface area contributed by atoms with Gasteiger partial charge in [-0.3, -0.25) is 19.3 Å². The zero-order chi connectivity index (χ0) is 17.5. The summed E-state index contributed by atoms with van der Waals surface area (Å²) in [4.78, 5) is 37.4. The fourth-order valence-electron chi connectivity index (χ4n) is 2.67. The highest BCUT2D eigenvalue weighted by molar-refractivity contribution is 6.29. The van der Waals surface area contributed by atoms with Crippen LogP contribution in [0.25, 0.3) is 5.57 Å². The fourth-order valence-corrected chi connectivity index (χ4v) is 2.67. The first kappa shape index (κ1) is 18.0. The fraction of sp³-hybridized carbons (Fsp3) is 0.421. The quantitative estimate of drug-likeness (QED) is 0.563. The zero-order valence-electron chi connectivity index (χ0n) is 13.9. The van der Waals surface area contributed by atoms with Crippen molar-refractivity contribution in [3.8, 4) is 0 Å². The maximum Gasteiger partial charge on any atom is 0.241 e. The lowest BCUT2D eigenvalue weighted by atomic mass is 9.97. The molecule has 1 aromatic rings. The van der Waals surface area contributed by atoms with Gasteiger partial charge in [-0.2, -0.15) is 0 Å². The Bertz CT molecular complexity index is 649. The molecular weight excluding hydrogens is 309 g/mol. The molecule has 0 spiro atoms. The summed E-state index contributed by atoms with van der Waals surface area (Å²) in [5.74, 6) is -1.54. The second kappa shape index (κ2) is 8.52. The molecule has 4 nitrogen and oxygen atoms in total. The maximum atomic E-state index is 13.0. The van der Waals surface area contributed by atoms with Gasteiger partial charge in [0.15, 0.2) is 5.78 Å². The SMILES string of the molecule is CCCCCCCC(=O)N1C=C(c2ccc(F)cc2)C(=O)CC1=O. The average molecular weight is 331 g/mol. The van der Waals surface area contributed by atoms with E-state index < -0.39 is 11.7 Å². The highest BCUT2D eigenvalue weighted by Crippen LogP contribution is 2.24. The molecule has 1 aliphatic rings. The Labute approximate surface area is 141 Å². The number of benzene rings is 1. The highest BCUT2D eigenvalue weighted by atomic mass is 19.1. The Morgan fingerprint density at radius 2 is 1.75 bits per heavy atom. The topological polar surface area (TPSA) is 54.5 Å². The number of hydrogen-bond donors (Lipinski definition) is 0. The number of carbonyl (C=O) groups is 3. The van der Waals surface area contributed by atoms with E-state index in [1.165, 1.54) is 30.5 Å². The van der Waals surface area contributed by atoms with E-state index in [9.17, 15) is 18.8 Å². The molecule has 1 aliphatic heterocycles. The molecule has 0 unspecified atom stereocenters. The van der Waals surface area contributed by atoms with E-state index in [1.807, 2.05) is 0 Å². The zero-order valence-corrected chi connectivity index (χ0v) is 13.9. The Morgan fingerprint density at radius 1 is 1.08 bits per heavy atom. The summed E-state index contributed by atoms with van der Waals surface area (Å²) >= 11 is 0. The van der Waals surface area contributed by atoms with Gasteiger partial charge in [-0.25, -0.2) is 4.39 Å². The van der Waals surface area contributed by atoms with Crippen LogP contribution in [0.2, 0.25) is 0 Å². The molecule has 24 heavy (non-hydrogen) atoms. The molecule has 0 aliphatic carbocycles. The summed E-state index contributed by atoms with van der Waals surface area (Å²) in [6, 6.07) is 5.45. The van der Waals surface area contributed by atoms with Crippen molar-refractivity contribution >= 4 is 23.2 Å². The first-order chi connectivity index (χ1) is 11.5. The van der Waals surface area contributed by atoms with Crippen molar-refractivity contribution in [2.45, 2.75) is 51.9 Å². The minimum atomic E-state index is -0.496. The number of carbonyl (C=O) groups excluding carboxylic acids is 3. The number of ketones is 1. The van der Waals surface area contributed by atoms with Crippen LogP contribution in [-0.4, -0.2) is 22.5 Å². The molecule has 1 aromatic carbocycles. The van der Waals surface area contributed by atoms with Crippen LogP contribution in [0.1, 0.15) is 57.4 Å². The van der Waals surface area contributed by atoms with Gasteiger partial charge in [-0.05, 0) is 24.1 Å². The van der Waals surface area contributed by atoms with Gasteiger partial charge >= 0.3 is 0 Å². The third-order valence-electron chi connectivity index (χ3n) is 4.06. The van der Waals surface area contributed by atoms with E-state index in [4.69, 9.17) is 0 Å². The molecule has 0 fully saturated rings. The molecule has 1 heterocycles. The van der Waals surface area contributed by atoms with Crippen LogP contribution in [0.5, 0.6) is 0 Å². The summed E-state index contributed by atoms with van der Waals surface area (Å²) in [5.41, 5.74) is 0.781. The predicted molar refractivity (Wildman–Crippen MR) is 89.2 cm³/mol. The first-order valence-corrected chi connectivity index (χ1v) is 8.38. The number of amides is 2. The summed E-state index contributed by atoms with van der Waals surface area (Å²) < 4.78 is 13.0. The second-order valence-electron chi connectivity index (χ2n) is 5.97. The van der Waals surface area contributed by atoms with Crippen LogP contribution in [0.4, 0.5) is 4.39 Å². The molecule has 0 aromatic heterocycles. The number of nitrogens with zero attached hydrogens (tertiary/aromatic N) is 1. The molecule has 0 saturated heterocycles. The maximum absolute atomic E-state index is 13.0. The van der Waals surface area contributed by atoms with Gasteiger partial charge in [0, 0.05) is 18.2 Å². The van der Waals surface area contributed by atoms with Crippen LogP contribution in [0, 0.1) is 5.82 Å². The second-order valence-corrected chi connectivity index (χ2v) is 5.97. The summed E-state index contributed by atoms with van der Waals surface area (Å²) in [7, 11) is 0. The van der Waals surface area contributed by atoms with Crippen LogP contribution >= 0.6 is 0 Å². The van der Waals surface area contributed by atoms with E-state index >= 15 is 0 Å². The first-order valence-electron chi connectivity index (χ1n) is 8.38. The van der Waals surface area contributed by atoms with Crippen molar-refractivity contribution in [2.24, 2.45) is 0 Å². The Kier molecular flexibility index (Phi) is 6.41. The smallest absolute Gasteiger partial charge is 0.241 e. The number of allylic oxidation sites excluding steroid dienone is 1.